The summed E-state index contributed by atoms with van der Waals surface area (Å²) >= 11 is 0. The Morgan fingerprint density at radius 2 is 2.06 bits per heavy atom. The molecule has 98 valence electrons. The molecule has 2 N–H and O–H groups in total. The van der Waals surface area contributed by atoms with Crippen LogP contribution in [0.4, 0.5) is 0 Å². The van der Waals surface area contributed by atoms with Crippen molar-refractivity contribution in [1.82, 2.24) is 5.32 Å². The van der Waals surface area contributed by atoms with Crippen LogP contribution in [-0.2, 0) is 9.53 Å². The van der Waals surface area contributed by atoms with Gasteiger partial charge in [0, 0.05) is 18.7 Å². The molecule has 0 aromatic heterocycles. The molecule has 0 unspecified atom stereocenters. The van der Waals surface area contributed by atoms with Gasteiger partial charge in [-0.25, -0.2) is 4.79 Å². The zero-order chi connectivity index (χ0) is 12.7. The highest BCUT2D eigenvalue weighted by Gasteiger charge is 2.28. The third-order valence-corrected chi connectivity index (χ3v) is 3.14. The third kappa shape index (κ3) is 4.88. The first-order valence-electron chi connectivity index (χ1n) is 6.35. The molecule has 1 rings (SSSR count). The Bertz CT molecular complexity index is 270. The molecule has 1 aliphatic rings. The maximum atomic E-state index is 11.3. The van der Waals surface area contributed by atoms with Crippen LogP contribution in [0.1, 0.15) is 39.0 Å². The van der Waals surface area contributed by atoms with Gasteiger partial charge in [0.25, 0.3) is 0 Å². The smallest absolute Gasteiger partial charge is 0.334 e. The van der Waals surface area contributed by atoms with E-state index in [9.17, 15) is 9.90 Å². The highest BCUT2D eigenvalue weighted by molar-refractivity contribution is 5.88. The third-order valence-electron chi connectivity index (χ3n) is 3.14. The molecule has 0 saturated heterocycles. The van der Waals surface area contributed by atoms with E-state index in [2.05, 4.69) is 11.9 Å². The molecular formula is C13H23NO3. The molecule has 0 aromatic rings. The molecule has 17 heavy (non-hydrogen) atoms. The first-order chi connectivity index (χ1) is 8.07. The van der Waals surface area contributed by atoms with Gasteiger partial charge in [-0.15, -0.1) is 0 Å². The Labute approximate surface area is 103 Å². The zero-order valence-corrected chi connectivity index (χ0v) is 10.6. The van der Waals surface area contributed by atoms with Crippen LogP contribution in [0, 0.1) is 0 Å². The Morgan fingerprint density at radius 1 is 1.41 bits per heavy atom. The lowest BCUT2D eigenvalue weighted by Crippen LogP contribution is -2.43. The summed E-state index contributed by atoms with van der Waals surface area (Å²) in [5.41, 5.74) is -0.195. The first kappa shape index (κ1) is 14.2. The van der Waals surface area contributed by atoms with Crippen molar-refractivity contribution in [2.45, 2.75) is 44.6 Å². The van der Waals surface area contributed by atoms with Crippen LogP contribution in [0.15, 0.2) is 12.2 Å². The van der Waals surface area contributed by atoms with Crippen molar-refractivity contribution < 1.29 is 14.6 Å². The highest BCUT2D eigenvalue weighted by atomic mass is 16.5. The second kappa shape index (κ2) is 6.77. The van der Waals surface area contributed by atoms with Gasteiger partial charge in [0.2, 0.25) is 0 Å². The van der Waals surface area contributed by atoms with E-state index in [1.54, 1.807) is 6.92 Å². The molecule has 0 aliphatic heterocycles. The number of nitrogens with one attached hydrogen (secondary N) is 1. The van der Waals surface area contributed by atoms with Gasteiger partial charge >= 0.3 is 5.97 Å². The number of hydrogen-bond acceptors (Lipinski definition) is 4. The maximum absolute atomic E-state index is 11.3. The average Bonchev–Trinajstić information content (AvgIpc) is 2.30. The monoisotopic (exact) mass is 241 g/mol. The number of aliphatic hydroxyl groups is 1. The molecule has 0 amide bonds. The summed E-state index contributed by atoms with van der Waals surface area (Å²) in [6.45, 7) is 6.69. The molecule has 0 bridgehead atoms. The molecule has 4 nitrogen and oxygen atoms in total. The van der Waals surface area contributed by atoms with Gasteiger partial charge in [-0.3, -0.25) is 0 Å². The van der Waals surface area contributed by atoms with Crippen molar-refractivity contribution in [1.29, 1.82) is 0 Å². The number of hydrogen-bond donors (Lipinski definition) is 2. The van der Waals surface area contributed by atoms with Crippen molar-refractivity contribution in [2.75, 3.05) is 19.7 Å². The normalized spacial score (nSPS) is 18.7. The minimum Gasteiger partial charge on any atom is -0.463 e. The van der Waals surface area contributed by atoms with Gasteiger partial charge in [0.15, 0.2) is 0 Å². The van der Waals surface area contributed by atoms with Crippen LogP contribution < -0.4 is 5.32 Å². The van der Waals surface area contributed by atoms with Crippen molar-refractivity contribution in [3.8, 4) is 0 Å². The van der Waals surface area contributed by atoms with Gasteiger partial charge < -0.3 is 15.2 Å². The number of esters is 1. The quantitative estimate of drug-likeness (QED) is 0.545. The fraction of sp³-hybridized carbons (Fsp3) is 0.769. The molecule has 0 aromatic carbocycles. The minimum absolute atomic E-state index is 0.363. The highest BCUT2D eigenvalue weighted by Crippen LogP contribution is 2.27. The Morgan fingerprint density at radius 3 is 2.65 bits per heavy atom. The first-order valence-corrected chi connectivity index (χ1v) is 6.35. The van der Waals surface area contributed by atoms with Gasteiger partial charge in [0.1, 0.15) is 0 Å². The lowest BCUT2D eigenvalue weighted by molar-refractivity contribution is -0.138. The van der Waals surface area contributed by atoms with Crippen LogP contribution in [0.3, 0.4) is 0 Å². The zero-order valence-electron chi connectivity index (χ0n) is 10.6. The Hall–Kier alpha value is -0.870. The molecule has 1 fully saturated rings. The summed E-state index contributed by atoms with van der Waals surface area (Å²) in [4.78, 5) is 11.3. The minimum atomic E-state index is -0.604. The van der Waals surface area contributed by atoms with Crippen molar-refractivity contribution in [3.63, 3.8) is 0 Å². The van der Waals surface area contributed by atoms with Gasteiger partial charge in [0.05, 0.1) is 12.2 Å². The van der Waals surface area contributed by atoms with Gasteiger partial charge in [-0.2, -0.15) is 0 Å². The average molecular weight is 241 g/mol. The Kier molecular flexibility index (Phi) is 5.65. The van der Waals surface area contributed by atoms with E-state index in [0.29, 0.717) is 25.3 Å². The summed E-state index contributed by atoms with van der Waals surface area (Å²) < 4.78 is 4.83. The second-order valence-electron chi connectivity index (χ2n) is 4.71. The summed E-state index contributed by atoms with van der Waals surface area (Å²) in [6.07, 6.45) is 5.05. The number of ether oxygens (including phenoxy) is 1. The van der Waals surface area contributed by atoms with Crippen LogP contribution in [0.5, 0.6) is 0 Å². The topological polar surface area (TPSA) is 58.6 Å². The van der Waals surface area contributed by atoms with E-state index in [0.717, 1.165) is 25.7 Å². The Balaban J connectivity index is 2.22. The van der Waals surface area contributed by atoms with E-state index in [4.69, 9.17) is 4.74 Å². The predicted octanol–water partition coefficient (Wildman–Crippen LogP) is 1.39. The van der Waals surface area contributed by atoms with Gasteiger partial charge in [-0.05, 0) is 19.8 Å². The standard InChI is InChI=1S/C13H23NO3/c1-3-17-12(15)11(2)9-14-10-13(16)7-5-4-6-8-13/h14,16H,2-10H2,1H3. The predicted molar refractivity (Wildman–Crippen MR) is 66.7 cm³/mol. The van der Waals surface area contributed by atoms with Crippen molar-refractivity contribution >= 4 is 5.97 Å². The van der Waals surface area contributed by atoms with E-state index in [1.807, 2.05) is 0 Å². The molecule has 0 radical (unpaired) electrons. The lowest BCUT2D eigenvalue weighted by Gasteiger charge is -2.32. The number of rotatable bonds is 6. The molecule has 1 saturated carbocycles. The molecule has 4 heteroatoms. The van der Waals surface area contributed by atoms with E-state index >= 15 is 0 Å². The van der Waals surface area contributed by atoms with Gasteiger partial charge in [-0.1, -0.05) is 25.8 Å². The summed E-state index contributed by atoms with van der Waals surface area (Å²) in [7, 11) is 0. The largest absolute Gasteiger partial charge is 0.463 e. The summed E-state index contributed by atoms with van der Waals surface area (Å²) in [6, 6.07) is 0. The van der Waals surface area contributed by atoms with Crippen molar-refractivity contribution in [2.24, 2.45) is 0 Å². The maximum Gasteiger partial charge on any atom is 0.334 e. The molecule has 0 atom stereocenters. The number of carbonyl (C=O) groups is 1. The van der Waals surface area contributed by atoms with Crippen LogP contribution in [-0.4, -0.2) is 36.4 Å². The van der Waals surface area contributed by atoms with E-state index in [1.165, 1.54) is 6.42 Å². The molecule has 0 heterocycles. The number of carbonyl (C=O) groups excluding carboxylic acids is 1. The molecular weight excluding hydrogens is 218 g/mol. The van der Waals surface area contributed by atoms with Crippen LogP contribution in [0.25, 0.3) is 0 Å². The second-order valence-corrected chi connectivity index (χ2v) is 4.71. The SMILES string of the molecule is C=C(CNCC1(O)CCCCC1)C(=O)OCC. The fourth-order valence-corrected chi connectivity index (χ4v) is 2.14. The van der Waals surface area contributed by atoms with Crippen molar-refractivity contribution in [3.05, 3.63) is 12.2 Å². The van der Waals surface area contributed by atoms with Crippen LogP contribution >= 0.6 is 0 Å². The lowest BCUT2D eigenvalue weighted by atomic mass is 9.85. The summed E-state index contributed by atoms with van der Waals surface area (Å²) in [5.74, 6) is -0.365. The van der Waals surface area contributed by atoms with E-state index < -0.39 is 5.60 Å². The molecule has 1 aliphatic carbocycles. The molecule has 0 spiro atoms. The summed E-state index contributed by atoms with van der Waals surface area (Å²) in [5, 5.41) is 13.3. The fourth-order valence-electron chi connectivity index (χ4n) is 2.14. The van der Waals surface area contributed by atoms with E-state index in [-0.39, 0.29) is 5.97 Å². The van der Waals surface area contributed by atoms with Crippen LogP contribution in [0.2, 0.25) is 0 Å².